The normalized spacial score (nSPS) is 19.9. The summed E-state index contributed by atoms with van der Waals surface area (Å²) in [5.41, 5.74) is 6.57. The molecule has 0 aromatic carbocycles. The summed E-state index contributed by atoms with van der Waals surface area (Å²) >= 11 is 0. The summed E-state index contributed by atoms with van der Waals surface area (Å²) in [5, 5.41) is 0. The second-order valence-electron chi connectivity index (χ2n) is 4.30. The van der Waals surface area contributed by atoms with Crippen molar-refractivity contribution in [2.45, 2.75) is 38.8 Å². The summed E-state index contributed by atoms with van der Waals surface area (Å²) in [6, 6.07) is 0. The predicted octanol–water partition coefficient (Wildman–Crippen LogP) is 3.04. The van der Waals surface area contributed by atoms with E-state index in [0.29, 0.717) is 5.69 Å². The van der Waals surface area contributed by atoms with E-state index in [4.69, 9.17) is 5.73 Å². The fourth-order valence-corrected chi connectivity index (χ4v) is 2.21. The van der Waals surface area contributed by atoms with Crippen molar-refractivity contribution in [2.24, 2.45) is 0 Å². The van der Waals surface area contributed by atoms with Crippen LogP contribution in [0.3, 0.4) is 0 Å². The van der Waals surface area contributed by atoms with Crippen molar-refractivity contribution in [3.8, 4) is 0 Å². The number of anilines is 1. The lowest BCUT2D eigenvalue weighted by Gasteiger charge is -2.15. The van der Waals surface area contributed by atoms with Crippen LogP contribution in [0, 0.1) is 6.92 Å². The standard InChI is InChI=1S/C11H13F3N2/c1-5-3-4-7-8(15)6(2)10(11(12,13)14)16-9(5)7/h5H,3-4H2,1-2H3,(H2,15,16). The van der Waals surface area contributed by atoms with Crippen LogP contribution < -0.4 is 5.73 Å². The molecule has 0 saturated carbocycles. The Balaban J connectivity index is 2.67. The number of aromatic nitrogens is 1. The third-order valence-corrected chi connectivity index (χ3v) is 3.19. The number of nitrogen functional groups attached to an aromatic ring is 1. The van der Waals surface area contributed by atoms with E-state index in [2.05, 4.69) is 4.98 Å². The van der Waals surface area contributed by atoms with Gasteiger partial charge in [0.1, 0.15) is 5.69 Å². The van der Waals surface area contributed by atoms with E-state index in [1.54, 1.807) is 0 Å². The van der Waals surface area contributed by atoms with Gasteiger partial charge in [0.2, 0.25) is 0 Å². The average molecular weight is 230 g/mol. The highest BCUT2D eigenvalue weighted by atomic mass is 19.4. The first-order chi connectivity index (χ1) is 7.32. The number of hydrogen-bond donors (Lipinski definition) is 1. The molecule has 0 spiro atoms. The van der Waals surface area contributed by atoms with Gasteiger partial charge in [0.25, 0.3) is 0 Å². The third kappa shape index (κ3) is 1.54. The number of nitrogens with zero attached hydrogens (tertiary/aromatic N) is 1. The molecular formula is C11H13F3N2. The van der Waals surface area contributed by atoms with Gasteiger partial charge < -0.3 is 5.73 Å². The summed E-state index contributed by atoms with van der Waals surface area (Å²) in [6.07, 6.45) is -2.86. The second-order valence-corrected chi connectivity index (χ2v) is 4.30. The Kier molecular flexibility index (Phi) is 2.36. The molecular weight excluding hydrogens is 217 g/mol. The first-order valence-corrected chi connectivity index (χ1v) is 5.18. The van der Waals surface area contributed by atoms with Crippen molar-refractivity contribution in [3.05, 3.63) is 22.5 Å². The minimum Gasteiger partial charge on any atom is -0.398 e. The summed E-state index contributed by atoms with van der Waals surface area (Å²) in [4.78, 5) is 3.76. The molecule has 1 atom stereocenters. The zero-order valence-corrected chi connectivity index (χ0v) is 9.15. The third-order valence-electron chi connectivity index (χ3n) is 3.19. The molecule has 88 valence electrons. The molecule has 0 saturated heterocycles. The van der Waals surface area contributed by atoms with Crippen LogP contribution in [0.1, 0.15) is 41.8 Å². The number of halogens is 3. The van der Waals surface area contributed by atoms with Crippen molar-refractivity contribution in [2.75, 3.05) is 5.73 Å². The zero-order chi connectivity index (χ0) is 12.1. The lowest BCUT2D eigenvalue weighted by molar-refractivity contribution is -0.141. The van der Waals surface area contributed by atoms with E-state index >= 15 is 0 Å². The number of fused-ring (bicyclic) bond motifs is 1. The van der Waals surface area contributed by atoms with Crippen LogP contribution in [0.25, 0.3) is 0 Å². The molecule has 0 amide bonds. The van der Waals surface area contributed by atoms with Crippen LogP contribution in [0.2, 0.25) is 0 Å². The molecule has 2 rings (SSSR count). The number of rotatable bonds is 0. The molecule has 1 unspecified atom stereocenters. The van der Waals surface area contributed by atoms with E-state index in [0.717, 1.165) is 18.4 Å². The van der Waals surface area contributed by atoms with Crippen molar-refractivity contribution >= 4 is 5.69 Å². The Morgan fingerprint density at radius 2 is 2.00 bits per heavy atom. The Labute approximate surface area is 91.7 Å². The average Bonchev–Trinajstić information content (AvgIpc) is 2.52. The van der Waals surface area contributed by atoms with Crippen LogP contribution in [-0.4, -0.2) is 4.98 Å². The molecule has 1 aromatic rings. The smallest absolute Gasteiger partial charge is 0.398 e. The lowest BCUT2D eigenvalue weighted by atomic mass is 10.0. The number of hydrogen-bond acceptors (Lipinski definition) is 2. The molecule has 0 radical (unpaired) electrons. The summed E-state index contributed by atoms with van der Waals surface area (Å²) in [5.74, 6) is 0.0685. The van der Waals surface area contributed by atoms with E-state index in [1.165, 1.54) is 6.92 Å². The maximum absolute atomic E-state index is 12.7. The van der Waals surface area contributed by atoms with Crippen LogP contribution in [0.5, 0.6) is 0 Å². The van der Waals surface area contributed by atoms with Gasteiger partial charge in [-0.25, -0.2) is 4.98 Å². The predicted molar refractivity (Wildman–Crippen MR) is 55.1 cm³/mol. The van der Waals surface area contributed by atoms with Crippen molar-refractivity contribution in [3.63, 3.8) is 0 Å². The summed E-state index contributed by atoms with van der Waals surface area (Å²) in [6.45, 7) is 3.27. The first kappa shape index (κ1) is 11.2. The molecule has 5 heteroatoms. The Morgan fingerprint density at radius 1 is 1.38 bits per heavy atom. The summed E-state index contributed by atoms with van der Waals surface area (Å²) < 4.78 is 38.1. The molecule has 2 nitrogen and oxygen atoms in total. The van der Waals surface area contributed by atoms with Crippen LogP contribution in [-0.2, 0) is 12.6 Å². The first-order valence-electron chi connectivity index (χ1n) is 5.18. The lowest BCUT2D eigenvalue weighted by Crippen LogP contribution is -2.15. The van der Waals surface area contributed by atoms with E-state index in [-0.39, 0.29) is 17.2 Å². The fraction of sp³-hybridized carbons (Fsp3) is 0.545. The van der Waals surface area contributed by atoms with Crippen LogP contribution in [0.4, 0.5) is 18.9 Å². The van der Waals surface area contributed by atoms with Gasteiger partial charge in [-0.2, -0.15) is 13.2 Å². The van der Waals surface area contributed by atoms with Gasteiger partial charge in [0.15, 0.2) is 0 Å². The minimum absolute atomic E-state index is 0.0559. The van der Waals surface area contributed by atoms with Gasteiger partial charge in [-0.05, 0) is 31.2 Å². The van der Waals surface area contributed by atoms with E-state index in [9.17, 15) is 13.2 Å². The van der Waals surface area contributed by atoms with Crippen LogP contribution >= 0.6 is 0 Å². The van der Waals surface area contributed by atoms with Crippen molar-refractivity contribution in [1.29, 1.82) is 0 Å². The van der Waals surface area contributed by atoms with E-state index in [1.807, 2.05) is 6.92 Å². The molecule has 0 fully saturated rings. The number of alkyl halides is 3. The topological polar surface area (TPSA) is 38.9 Å². The number of nitrogens with two attached hydrogens (primary N) is 1. The quantitative estimate of drug-likeness (QED) is 0.744. The zero-order valence-electron chi connectivity index (χ0n) is 9.15. The van der Waals surface area contributed by atoms with E-state index < -0.39 is 11.9 Å². The fourth-order valence-electron chi connectivity index (χ4n) is 2.21. The highest BCUT2D eigenvalue weighted by Gasteiger charge is 2.38. The summed E-state index contributed by atoms with van der Waals surface area (Å²) in [7, 11) is 0. The van der Waals surface area contributed by atoms with Crippen LogP contribution in [0.15, 0.2) is 0 Å². The Morgan fingerprint density at radius 3 is 2.56 bits per heavy atom. The molecule has 16 heavy (non-hydrogen) atoms. The molecule has 1 aliphatic rings. The van der Waals surface area contributed by atoms with Crippen molar-refractivity contribution in [1.82, 2.24) is 4.98 Å². The van der Waals surface area contributed by atoms with Crippen molar-refractivity contribution < 1.29 is 13.2 Å². The number of pyridine rings is 1. The Hall–Kier alpha value is -1.26. The molecule has 1 heterocycles. The molecule has 1 aliphatic carbocycles. The molecule has 0 bridgehead atoms. The van der Waals surface area contributed by atoms with Gasteiger partial charge >= 0.3 is 6.18 Å². The largest absolute Gasteiger partial charge is 0.433 e. The minimum atomic E-state index is -4.42. The molecule has 2 N–H and O–H groups in total. The SMILES string of the molecule is Cc1c(C(F)(F)F)nc2c(c1N)CCC2C. The Bertz CT molecular complexity index is 438. The van der Waals surface area contributed by atoms with Gasteiger partial charge in [0.05, 0.1) is 0 Å². The van der Waals surface area contributed by atoms with Gasteiger partial charge in [-0.3, -0.25) is 0 Å². The maximum atomic E-state index is 12.7. The second kappa shape index (κ2) is 3.37. The maximum Gasteiger partial charge on any atom is 0.433 e. The van der Waals surface area contributed by atoms with Gasteiger partial charge in [-0.1, -0.05) is 6.92 Å². The van der Waals surface area contributed by atoms with Gasteiger partial charge in [0, 0.05) is 16.9 Å². The molecule has 1 aromatic heterocycles. The monoisotopic (exact) mass is 230 g/mol. The highest BCUT2D eigenvalue weighted by molar-refractivity contribution is 5.59. The van der Waals surface area contributed by atoms with Gasteiger partial charge in [-0.15, -0.1) is 0 Å². The highest BCUT2D eigenvalue weighted by Crippen LogP contribution is 2.40. The molecule has 0 aliphatic heterocycles.